The van der Waals surface area contributed by atoms with E-state index in [0.29, 0.717) is 17.2 Å². The Morgan fingerprint density at radius 1 is 1.25 bits per heavy atom. The molecule has 0 atom stereocenters. The van der Waals surface area contributed by atoms with Gasteiger partial charge in [-0.25, -0.2) is 4.98 Å². The van der Waals surface area contributed by atoms with Crippen LogP contribution in [0, 0.1) is 25.2 Å². The van der Waals surface area contributed by atoms with E-state index < -0.39 is 0 Å². The van der Waals surface area contributed by atoms with E-state index in [4.69, 9.17) is 18.8 Å². The fourth-order valence-electron chi connectivity index (χ4n) is 1.97. The monoisotopic (exact) mass is 268 g/mol. The number of fused-ring (bicyclic) bond motifs is 1. The third kappa shape index (κ3) is 2.01. The van der Waals surface area contributed by atoms with Gasteiger partial charge in [0.25, 0.3) is 0 Å². The number of oxazole rings is 1. The van der Waals surface area contributed by atoms with E-state index in [1.165, 1.54) is 0 Å². The van der Waals surface area contributed by atoms with Gasteiger partial charge < -0.3 is 13.6 Å². The van der Waals surface area contributed by atoms with E-state index in [2.05, 4.69) is 4.98 Å². The second-order valence-corrected chi connectivity index (χ2v) is 4.41. The number of nitriles is 1. The molecule has 0 saturated heterocycles. The first-order valence-electron chi connectivity index (χ1n) is 6.16. The van der Waals surface area contributed by atoms with Crippen molar-refractivity contribution in [1.29, 1.82) is 5.26 Å². The Bertz CT molecular complexity index is 789. The molecular formula is C15H12N2O3. The van der Waals surface area contributed by atoms with E-state index in [-0.39, 0.29) is 12.4 Å². The van der Waals surface area contributed by atoms with Gasteiger partial charge in [-0.15, -0.1) is 0 Å². The largest absolute Gasteiger partial charge is 0.478 e. The fraction of sp³-hybridized carbons (Fsp3) is 0.200. The maximum absolute atomic E-state index is 9.10. The quantitative estimate of drug-likeness (QED) is 0.727. The first-order valence-corrected chi connectivity index (χ1v) is 6.16. The van der Waals surface area contributed by atoms with Crippen molar-refractivity contribution in [2.45, 2.75) is 20.5 Å². The Kier molecular flexibility index (Phi) is 2.92. The van der Waals surface area contributed by atoms with Crippen LogP contribution in [-0.2, 0) is 6.61 Å². The lowest BCUT2D eigenvalue weighted by molar-refractivity contribution is 0.259. The van der Waals surface area contributed by atoms with Gasteiger partial charge in [0.2, 0.25) is 11.7 Å². The lowest BCUT2D eigenvalue weighted by Crippen LogP contribution is -1.96. The van der Waals surface area contributed by atoms with Crippen LogP contribution in [-0.4, -0.2) is 4.98 Å². The summed E-state index contributed by atoms with van der Waals surface area (Å²) < 4.78 is 16.5. The summed E-state index contributed by atoms with van der Waals surface area (Å²) in [5.41, 5.74) is 1.46. The molecule has 0 saturated carbocycles. The molecule has 0 bridgehead atoms. The molecule has 100 valence electrons. The zero-order valence-corrected chi connectivity index (χ0v) is 11.1. The first kappa shape index (κ1) is 12.3. The van der Waals surface area contributed by atoms with Crippen molar-refractivity contribution < 1.29 is 13.6 Å². The molecule has 1 aromatic carbocycles. The van der Waals surface area contributed by atoms with Gasteiger partial charge in [-0.2, -0.15) is 5.26 Å². The van der Waals surface area contributed by atoms with Crippen molar-refractivity contribution in [2.75, 3.05) is 0 Å². The molecule has 0 unspecified atom stereocenters. The highest BCUT2D eigenvalue weighted by Gasteiger charge is 2.16. The summed E-state index contributed by atoms with van der Waals surface area (Å²) in [6.07, 6.45) is 0. The lowest BCUT2D eigenvalue weighted by atomic mass is 10.2. The van der Waals surface area contributed by atoms with Crippen LogP contribution in [0.2, 0.25) is 0 Å². The SMILES string of the molecule is Cc1nc(COc2c(C#N)oc3ccccc23)oc1C. The number of aryl methyl sites for hydroxylation is 2. The molecule has 0 radical (unpaired) electrons. The number of para-hydroxylation sites is 1. The molecule has 3 rings (SSSR count). The highest BCUT2D eigenvalue weighted by molar-refractivity contribution is 5.86. The summed E-state index contributed by atoms with van der Waals surface area (Å²) in [7, 11) is 0. The maximum Gasteiger partial charge on any atom is 0.246 e. The van der Waals surface area contributed by atoms with E-state index in [9.17, 15) is 0 Å². The van der Waals surface area contributed by atoms with Gasteiger partial charge >= 0.3 is 0 Å². The predicted octanol–water partition coefficient (Wildman–Crippen LogP) is 3.49. The second-order valence-electron chi connectivity index (χ2n) is 4.41. The summed E-state index contributed by atoms with van der Waals surface area (Å²) >= 11 is 0. The highest BCUT2D eigenvalue weighted by Crippen LogP contribution is 2.33. The molecule has 0 aliphatic rings. The van der Waals surface area contributed by atoms with Gasteiger partial charge in [0, 0.05) is 0 Å². The van der Waals surface area contributed by atoms with Gasteiger partial charge in [0.15, 0.2) is 12.4 Å². The van der Waals surface area contributed by atoms with E-state index in [1.54, 1.807) is 6.07 Å². The van der Waals surface area contributed by atoms with Crippen LogP contribution in [0.25, 0.3) is 11.0 Å². The molecule has 2 aromatic heterocycles. The third-order valence-corrected chi connectivity index (χ3v) is 3.06. The van der Waals surface area contributed by atoms with Crippen LogP contribution in [0.15, 0.2) is 33.1 Å². The summed E-state index contributed by atoms with van der Waals surface area (Å²) in [6.45, 7) is 3.88. The summed E-state index contributed by atoms with van der Waals surface area (Å²) in [5, 5.41) is 9.87. The van der Waals surface area contributed by atoms with Crippen molar-refractivity contribution in [1.82, 2.24) is 4.98 Å². The summed E-state index contributed by atoms with van der Waals surface area (Å²) in [5.74, 6) is 1.83. The summed E-state index contributed by atoms with van der Waals surface area (Å²) in [6, 6.07) is 9.35. The molecule has 5 nitrogen and oxygen atoms in total. The van der Waals surface area contributed by atoms with Crippen molar-refractivity contribution in [3.8, 4) is 11.8 Å². The molecule has 0 N–H and O–H groups in total. The van der Waals surface area contributed by atoms with Crippen molar-refractivity contribution in [3.05, 3.63) is 47.4 Å². The zero-order valence-electron chi connectivity index (χ0n) is 11.1. The van der Waals surface area contributed by atoms with Crippen LogP contribution in [0.5, 0.6) is 5.75 Å². The third-order valence-electron chi connectivity index (χ3n) is 3.06. The number of rotatable bonds is 3. The molecule has 0 aliphatic carbocycles. The minimum Gasteiger partial charge on any atom is -0.478 e. The molecule has 5 heteroatoms. The number of benzene rings is 1. The Morgan fingerprint density at radius 2 is 2.05 bits per heavy atom. The Labute approximate surface area is 115 Å². The van der Waals surface area contributed by atoms with Crippen molar-refractivity contribution in [2.24, 2.45) is 0 Å². The molecule has 0 amide bonds. The fourth-order valence-corrected chi connectivity index (χ4v) is 1.97. The van der Waals surface area contributed by atoms with Gasteiger partial charge in [-0.1, -0.05) is 12.1 Å². The van der Waals surface area contributed by atoms with E-state index >= 15 is 0 Å². The van der Waals surface area contributed by atoms with Gasteiger partial charge in [0.1, 0.15) is 17.4 Å². The summed E-state index contributed by atoms with van der Waals surface area (Å²) in [4.78, 5) is 4.24. The normalized spacial score (nSPS) is 10.7. The molecule has 0 spiro atoms. The minimum absolute atomic E-state index is 0.159. The average Bonchev–Trinajstić information content (AvgIpc) is 2.97. The Morgan fingerprint density at radius 3 is 2.75 bits per heavy atom. The van der Waals surface area contributed by atoms with E-state index in [0.717, 1.165) is 16.8 Å². The molecule has 20 heavy (non-hydrogen) atoms. The smallest absolute Gasteiger partial charge is 0.246 e. The van der Waals surface area contributed by atoms with Crippen LogP contribution in [0.4, 0.5) is 0 Å². The van der Waals surface area contributed by atoms with Gasteiger partial charge in [-0.3, -0.25) is 0 Å². The van der Waals surface area contributed by atoms with E-state index in [1.807, 2.05) is 38.1 Å². The molecule has 2 heterocycles. The molecule has 0 aliphatic heterocycles. The molecular weight excluding hydrogens is 256 g/mol. The van der Waals surface area contributed by atoms with Crippen LogP contribution in [0.3, 0.4) is 0 Å². The number of aromatic nitrogens is 1. The Balaban J connectivity index is 1.92. The predicted molar refractivity (Wildman–Crippen MR) is 71.2 cm³/mol. The second kappa shape index (κ2) is 4.74. The van der Waals surface area contributed by atoms with Crippen molar-refractivity contribution in [3.63, 3.8) is 0 Å². The van der Waals surface area contributed by atoms with Gasteiger partial charge in [0.05, 0.1) is 11.1 Å². The number of nitrogens with zero attached hydrogens (tertiary/aromatic N) is 2. The molecule has 3 aromatic rings. The average molecular weight is 268 g/mol. The van der Waals surface area contributed by atoms with Crippen molar-refractivity contribution >= 4 is 11.0 Å². The van der Waals surface area contributed by atoms with Crippen LogP contribution >= 0.6 is 0 Å². The molecule has 0 fully saturated rings. The maximum atomic E-state index is 9.10. The highest BCUT2D eigenvalue weighted by atomic mass is 16.5. The van der Waals surface area contributed by atoms with Gasteiger partial charge in [-0.05, 0) is 26.0 Å². The lowest BCUT2D eigenvalue weighted by Gasteiger charge is -2.01. The first-order chi connectivity index (χ1) is 9.69. The number of ether oxygens (including phenoxy) is 1. The minimum atomic E-state index is 0.159. The number of hydrogen-bond acceptors (Lipinski definition) is 5. The zero-order chi connectivity index (χ0) is 14.1. The topological polar surface area (TPSA) is 72.2 Å². The standard InChI is InChI=1S/C15H12N2O3/c1-9-10(2)19-14(17-9)8-18-15-11-5-3-4-6-12(11)20-13(15)7-16/h3-6H,8H2,1-2H3. The Hall–Kier alpha value is -2.74. The van der Waals surface area contributed by atoms with Crippen LogP contribution < -0.4 is 4.74 Å². The van der Waals surface area contributed by atoms with Crippen LogP contribution in [0.1, 0.15) is 23.1 Å². The number of hydrogen-bond donors (Lipinski definition) is 0. The number of furan rings is 1.